The molecule has 0 saturated carbocycles. The summed E-state index contributed by atoms with van der Waals surface area (Å²) in [5.74, 6) is -1.29. The monoisotopic (exact) mass is 253 g/mol. The molecule has 1 amide bonds. The fraction of sp³-hybridized carbons (Fsp3) is 0.333. The number of cyclic esters (lactones) is 1. The number of amides is 1. The highest BCUT2D eigenvalue weighted by Crippen LogP contribution is 2.26. The molecule has 0 aromatic heterocycles. The third-order valence-corrected chi connectivity index (χ3v) is 2.71. The summed E-state index contributed by atoms with van der Waals surface area (Å²) in [6.07, 6.45) is -0.591. The third kappa shape index (κ3) is 2.01. The summed E-state index contributed by atoms with van der Waals surface area (Å²) >= 11 is 0. The van der Waals surface area contributed by atoms with Crippen molar-refractivity contribution in [3.8, 4) is 0 Å². The van der Waals surface area contributed by atoms with Crippen LogP contribution in [0.25, 0.3) is 0 Å². The molecular formula is C12H12FNO4. The van der Waals surface area contributed by atoms with Crippen LogP contribution in [-0.4, -0.2) is 31.8 Å². The Morgan fingerprint density at radius 2 is 2.28 bits per heavy atom. The lowest BCUT2D eigenvalue weighted by Crippen LogP contribution is -2.31. The zero-order valence-electron chi connectivity index (χ0n) is 9.97. The van der Waals surface area contributed by atoms with Crippen molar-refractivity contribution in [3.05, 3.63) is 29.6 Å². The van der Waals surface area contributed by atoms with E-state index in [-0.39, 0.29) is 23.9 Å². The predicted octanol–water partition coefficient (Wildman–Crippen LogP) is 1.96. The van der Waals surface area contributed by atoms with Crippen molar-refractivity contribution in [1.82, 2.24) is 0 Å². The first kappa shape index (κ1) is 12.3. The van der Waals surface area contributed by atoms with Gasteiger partial charge in [-0.05, 0) is 25.1 Å². The van der Waals surface area contributed by atoms with E-state index in [1.54, 1.807) is 6.92 Å². The Bertz CT molecular complexity index is 503. The first-order valence-corrected chi connectivity index (χ1v) is 5.38. The average Bonchev–Trinajstić information content (AvgIpc) is 2.68. The van der Waals surface area contributed by atoms with Crippen molar-refractivity contribution in [2.75, 3.05) is 18.6 Å². The first-order chi connectivity index (χ1) is 8.54. The SMILES string of the molecule is COC(=O)c1ccc(N2C(=O)OC[C@H]2C)c(F)c1. The van der Waals surface area contributed by atoms with E-state index in [1.807, 2.05) is 0 Å². The lowest BCUT2D eigenvalue weighted by Gasteiger charge is -2.18. The van der Waals surface area contributed by atoms with Gasteiger partial charge in [-0.15, -0.1) is 0 Å². The molecule has 96 valence electrons. The van der Waals surface area contributed by atoms with E-state index in [0.29, 0.717) is 0 Å². The van der Waals surface area contributed by atoms with Crippen LogP contribution in [0.15, 0.2) is 18.2 Å². The minimum atomic E-state index is -0.663. The number of benzene rings is 1. The van der Waals surface area contributed by atoms with Crippen molar-refractivity contribution >= 4 is 17.7 Å². The van der Waals surface area contributed by atoms with Gasteiger partial charge in [0.25, 0.3) is 0 Å². The van der Waals surface area contributed by atoms with Crippen molar-refractivity contribution in [2.24, 2.45) is 0 Å². The third-order valence-electron chi connectivity index (χ3n) is 2.71. The lowest BCUT2D eigenvalue weighted by atomic mass is 10.1. The number of carbonyl (C=O) groups is 2. The molecule has 1 atom stereocenters. The lowest BCUT2D eigenvalue weighted by molar-refractivity contribution is 0.0600. The second-order valence-corrected chi connectivity index (χ2v) is 3.95. The number of halogens is 1. The Kier molecular flexibility index (Phi) is 3.18. The van der Waals surface area contributed by atoms with Gasteiger partial charge in [0.1, 0.15) is 12.4 Å². The van der Waals surface area contributed by atoms with Crippen LogP contribution in [0.5, 0.6) is 0 Å². The van der Waals surface area contributed by atoms with Crippen LogP contribution < -0.4 is 4.90 Å². The summed E-state index contributed by atoms with van der Waals surface area (Å²) in [4.78, 5) is 23.9. The van der Waals surface area contributed by atoms with E-state index in [0.717, 1.165) is 6.07 Å². The largest absolute Gasteiger partial charge is 0.465 e. The van der Waals surface area contributed by atoms with E-state index in [9.17, 15) is 14.0 Å². The van der Waals surface area contributed by atoms with Crippen molar-refractivity contribution < 1.29 is 23.5 Å². The van der Waals surface area contributed by atoms with Crippen molar-refractivity contribution in [1.29, 1.82) is 0 Å². The maximum atomic E-state index is 13.9. The van der Waals surface area contributed by atoms with Gasteiger partial charge < -0.3 is 9.47 Å². The summed E-state index contributed by atoms with van der Waals surface area (Å²) in [5, 5.41) is 0. The van der Waals surface area contributed by atoms with Gasteiger partial charge in [-0.25, -0.2) is 14.0 Å². The molecule has 0 aliphatic carbocycles. The number of hydrogen-bond donors (Lipinski definition) is 0. The van der Waals surface area contributed by atoms with Gasteiger partial charge in [0.2, 0.25) is 0 Å². The summed E-state index contributed by atoms with van der Waals surface area (Å²) < 4.78 is 23.2. The van der Waals surface area contributed by atoms with Gasteiger partial charge in [0, 0.05) is 0 Å². The van der Waals surface area contributed by atoms with Gasteiger partial charge in [-0.1, -0.05) is 0 Å². The molecule has 0 N–H and O–H groups in total. The molecule has 0 bridgehead atoms. The van der Waals surface area contributed by atoms with Crippen LogP contribution in [-0.2, 0) is 9.47 Å². The number of anilines is 1. The molecule has 0 unspecified atom stereocenters. The maximum absolute atomic E-state index is 13.9. The fourth-order valence-electron chi connectivity index (χ4n) is 1.80. The van der Waals surface area contributed by atoms with E-state index >= 15 is 0 Å². The highest BCUT2D eigenvalue weighted by Gasteiger charge is 2.32. The molecule has 1 aromatic carbocycles. The van der Waals surface area contributed by atoms with Gasteiger partial charge in [0.05, 0.1) is 24.4 Å². The molecule has 1 fully saturated rings. The van der Waals surface area contributed by atoms with E-state index < -0.39 is 17.9 Å². The number of rotatable bonds is 2. The Labute approximate surface area is 103 Å². The molecule has 0 radical (unpaired) electrons. The molecule has 18 heavy (non-hydrogen) atoms. The number of methoxy groups -OCH3 is 1. The van der Waals surface area contributed by atoms with Gasteiger partial charge in [-0.3, -0.25) is 4.90 Å². The maximum Gasteiger partial charge on any atom is 0.414 e. The predicted molar refractivity (Wildman–Crippen MR) is 61.0 cm³/mol. The van der Waals surface area contributed by atoms with E-state index in [4.69, 9.17) is 4.74 Å². The van der Waals surface area contributed by atoms with Gasteiger partial charge >= 0.3 is 12.1 Å². The molecule has 1 aliphatic heterocycles. The van der Waals surface area contributed by atoms with Crippen LogP contribution >= 0.6 is 0 Å². The minimum Gasteiger partial charge on any atom is -0.465 e. The molecule has 0 spiro atoms. The molecule has 1 aliphatic rings. The minimum absolute atomic E-state index is 0.0950. The normalized spacial score (nSPS) is 18.7. The smallest absolute Gasteiger partial charge is 0.414 e. The van der Waals surface area contributed by atoms with E-state index in [1.165, 1.54) is 24.1 Å². The van der Waals surface area contributed by atoms with E-state index in [2.05, 4.69) is 4.74 Å². The van der Waals surface area contributed by atoms with Crippen LogP contribution in [0.4, 0.5) is 14.9 Å². The number of hydrogen-bond acceptors (Lipinski definition) is 4. The van der Waals surface area contributed by atoms with Crippen LogP contribution in [0.2, 0.25) is 0 Å². The van der Waals surface area contributed by atoms with Crippen LogP contribution in [0, 0.1) is 5.82 Å². The summed E-state index contributed by atoms with van der Waals surface area (Å²) in [7, 11) is 1.22. The Hall–Kier alpha value is -2.11. The zero-order chi connectivity index (χ0) is 13.3. The number of nitrogens with zero attached hydrogens (tertiary/aromatic N) is 1. The van der Waals surface area contributed by atoms with Gasteiger partial charge in [-0.2, -0.15) is 0 Å². The molecular weight excluding hydrogens is 241 g/mol. The zero-order valence-corrected chi connectivity index (χ0v) is 9.97. The highest BCUT2D eigenvalue weighted by molar-refractivity contribution is 5.93. The average molecular weight is 253 g/mol. The summed E-state index contributed by atoms with van der Waals surface area (Å²) in [5.41, 5.74) is 0.191. The standard InChI is InChI=1S/C12H12FNO4/c1-7-6-18-12(16)14(7)10-4-3-8(5-9(10)13)11(15)17-2/h3-5,7H,6H2,1-2H3/t7-/m1/s1. The Balaban J connectivity index is 2.35. The Morgan fingerprint density at radius 3 is 2.78 bits per heavy atom. The second-order valence-electron chi connectivity index (χ2n) is 3.95. The van der Waals surface area contributed by atoms with Crippen LogP contribution in [0.1, 0.15) is 17.3 Å². The highest BCUT2D eigenvalue weighted by atomic mass is 19.1. The first-order valence-electron chi connectivity index (χ1n) is 5.38. The summed E-state index contributed by atoms with van der Waals surface area (Å²) in [6.45, 7) is 1.97. The van der Waals surface area contributed by atoms with Crippen molar-refractivity contribution in [3.63, 3.8) is 0 Å². The molecule has 6 heteroatoms. The number of esters is 1. The number of carbonyl (C=O) groups excluding carboxylic acids is 2. The van der Waals surface area contributed by atoms with Gasteiger partial charge in [0.15, 0.2) is 0 Å². The fourth-order valence-corrected chi connectivity index (χ4v) is 1.80. The topological polar surface area (TPSA) is 55.8 Å². The second kappa shape index (κ2) is 4.64. The number of ether oxygens (including phenoxy) is 2. The molecule has 1 heterocycles. The van der Waals surface area contributed by atoms with Crippen molar-refractivity contribution in [2.45, 2.75) is 13.0 Å². The molecule has 2 rings (SSSR count). The molecule has 5 nitrogen and oxygen atoms in total. The quantitative estimate of drug-likeness (QED) is 0.756. The Morgan fingerprint density at radius 1 is 1.56 bits per heavy atom. The van der Waals surface area contributed by atoms with Crippen LogP contribution in [0.3, 0.4) is 0 Å². The summed E-state index contributed by atoms with van der Waals surface area (Å²) in [6, 6.07) is 3.57. The molecule has 1 saturated heterocycles. The molecule has 1 aromatic rings.